The van der Waals surface area contributed by atoms with Gasteiger partial charge < -0.3 is 4.74 Å². The van der Waals surface area contributed by atoms with Crippen LogP contribution >= 0.6 is 0 Å². The predicted octanol–water partition coefficient (Wildman–Crippen LogP) is 3.04. The maximum absolute atomic E-state index is 11.5. The Morgan fingerprint density at radius 3 is 2.32 bits per heavy atom. The van der Waals surface area contributed by atoms with E-state index in [1.165, 1.54) is 0 Å². The quantitative estimate of drug-likeness (QED) is 0.548. The monoisotopic (exact) mass is 293 g/mol. The van der Waals surface area contributed by atoms with E-state index >= 15 is 0 Å². The Balaban J connectivity index is 1.93. The van der Waals surface area contributed by atoms with Crippen molar-refractivity contribution in [2.45, 2.75) is 13.5 Å². The minimum atomic E-state index is -0.409. The van der Waals surface area contributed by atoms with E-state index < -0.39 is 5.97 Å². The minimum absolute atomic E-state index is 0.153. The number of nitrogens with zero attached hydrogens (tertiary/aromatic N) is 3. The lowest BCUT2D eigenvalue weighted by atomic mass is 10.2. The third kappa shape index (κ3) is 2.74. The fourth-order valence-electron chi connectivity index (χ4n) is 2.06. The van der Waals surface area contributed by atoms with E-state index in [2.05, 4.69) is 16.8 Å². The molecule has 22 heavy (non-hydrogen) atoms. The minimum Gasteiger partial charge on any atom is -0.457 e. The van der Waals surface area contributed by atoms with Gasteiger partial charge in [0.2, 0.25) is 0 Å². The highest BCUT2D eigenvalue weighted by Gasteiger charge is 2.10. The van der Waals surface area contributed by atoms with E-state index in [0.29, 0.717) is 5.57 Å². The molecular formula is C17H15N3O2. The SMILES string of the molecule is C=C(C)C(=O)OCc1ccccc1-n1nc2ccccc2n1. The summed E-state index contributed by atoms with van der Waals surface area (Å²) in [6.07, 6.45) is 0. The smallest absolute Gasteiger partial charge is 0.333 e. The number of hydrogen-bond acceptors (Lipinski definition) is 4. The van der Waals surface area contributed by atoms with Crippen molar-refractivity contribution in [3.05, 3.63) is 66.2 Å². The first kappa shape index (κ1) is 14.0. The van der Waals surface area contributed by atoms with Gasteiger partial charge in [-0.3, -0.25) is 0 Å². The van der Waals surface area contributed by atoms with E-state index in [0.717, 1.165) is 22.3 Å². The largest absolute Gasteiger partial charge is 0.457 e. The van der Waals surface area contributed by atoms with Crippen LogP contribution in [0.2, 0.25) is 0 Å². The number of benzene rings is 2. The van der Waals surface area contributed by atoms with E-state index in [1.807, 2.05) is 48.5 Å². The van der Waals surface area contributed by atoms with Crippen LogP contribution in [0.25, 0.3) is 16.7 Å². The van der Waals surface area contributed by atoms with E-state index in [1.54, 1.807) is 11.7 Å². The molecule has 1 aromatic heterocycles. The summed E-state index contributed by atoms with van der Waals surface area (Å²) in [5, 5.41) is 8.91. The van der Waals surface area contributed by atoms with Gasteiger partial charge in [0.25, 0.3) is 0 Å². The summed E-state index contributed by atoms with van der Waals surface area (Å²) in [5.74, 6) is -0.409. The van der Waals surface area contributed by atoms with Crippen molar-refractivity contribution in [2.75, 3.05) is 0 Å². The Hall–Kier alpha value is -2.95. The van der Waals surface area contributed by atoms with Crippen LogP contribution in [0.1, 0.15) is 12.5 Å². The molecule has 3 aromatic rings. The maximum atomic E-state index is 11.5. The highest BCUT2D eigenvalue weighted by Crippen LogP contribution is 2.17. The third-order valence-electron chi connectivity index (χ3n) is 3.20. The predicted molar refractivity (Wildman–Crippen MR) is 83.5 cm³/mol. The summed E-state index contributed by atoms with van der Waals surface area (Å²) >= 11 is 0. The first-order chi connectivity index (χ1) is 10.6. The highest BCUT2D eigenvalue weighted by molar-refractivity contribution is 5.86. The zero-order chi connectivity index (χ0) is 15.5. The van der Waals surface area contributed by atoms with Crippen molar-refractivity contribution in [3.8, 4) is 5.69 Å². The second-order valence-electron chi connectivity index (χ2n) is 4.96. The van der Waals surface area contributed by atoms with E-state index in [9.17, 15) is 4.79 Å². The van der Waals surface area contributed by atoms with E-state index in [-0.39, 0.29) is 6.61 Å². The fourth-order valence-corrected chi connectivity index (χ4v) is 2.06. The third-order valence-corrected chi connectivity index (χ3v) is 3.20. The molecule has 0 fully saturated rings. The summed E-state index contributed by atoms with van der Waals surface area (Å²) < 4.78 is 5.22. The zero-order valence-corrected chi connectivity index (χ0v) is 12.2. The van der Waals surface area contributed by atoms with Gasteiger partial charge in [-0.2, -0.15) is 4.80 Å². The summed E-state index contributed by atoms with van der Waals surface area (Å²) in [6, 6.07) is 15.2. The van der Waals surface area contributed by atoms with Crippen LogP contribution < -0.4 is 0 Å². The molecule has 0 saturated carbocycles. The Morgan fingerprint density at radius 2 is 1.68 bits per heavy atom. The molecule has 0 radical (unpaired) electrons. The number of aromatic nitrogens is 3. The lowest BCUT2D eigenvalue weighted by molar-refractivity contribution is -0.140. The van der Waals surface area contributed by atoms with Crippen LogP contribution in [0.5, 0.6) is 0 Å². The molecular weight excluding hydrogens is 278 g/mol. The molecule has 0 aliphatic carbocycles. The van der Waals surface area contributed by atoms with Gasteiger partial charge in [0.15, 0.2) is 0 Å². The molecule has 5 nitrogen and oxygen atoms in total. The molecule has 0 bridgehead atoms. The number of carbonyl (C=O) groups is 1. The molecule has 0 spiro atoms. The molecule has 5 heteroatoms. The molecule has 1 heterocycles. The fraction of sp³-hybridized carbons (Fsp3) is 0.118. The van der Waals surface area contributed by atoms with Gasteiger partial charge in [-0.15, -0.1) is 10.2 Å². The molecule has 0 aliphatic rings. The number of rotatable bonds is 4. The van der Waals surface area contributed by atoms with Crippen LogP contribution in [0.15, 0.2) is 60.7 Å². The normalized spacial score (nSPS) is 10.6. The molecule has 0 saturated heterocycles. The Bertz CT molecular complexity index is 819. The van der Waals surface area contributed by atoms with Crippen LogP contribution in [-0.2, 0) is 16.1 Å². The number of para-hydroxylation sites is 1. The summed E-state index contributed by atoms with van der Waals surface area (Å²) in [6.45, 7) is 5.35. The second kappa shape index (κ2) is 5.81. The molecule has 3 rings (SSSR count). The van der Waals surface area contributed by atoms with Crippen molar-refractivity contribution < 1.29 is 9.53 Å². The first-order valence-corrected chi connectivity index (χ1v) is 6.88. The Morgan fingerprint density at radius 1 is 1.09 bits per heavy atom. The average molecular weight is 293 g/mol. The van der Waals surface area contributed by atoms with Gasteiger partial charge in [0, 0.05) is 11.1 Å². The van der Waals surface area contributed by atoms with Gasteiger partial charge in [-0.1, -0.05) is 36.9 Å². The lowest BCUT2D eigenvalue weighted by Crippen LogP contribution is -2.08. The van der Waals surface area contributed by atoms with Crippen molar-refractivity contribution in [1.82, 2.24) is 15.0 Å². The molecule has 2 aromatic carbocycles. The van der Waals surface area contributed by atoms with Crippen LogP contribution in [-0.4, -0.2) is 21.0 Å². The number of hydrogen-bond donors (Lipinski definition) is 0. The molecule has 0 aliphatic heterocycles. The standard InChI is InChI=1S/C17H15N3O2/c1-12(2)17(21)22-11-13-7-3-6-10-16(13)20-18-14-8-4-5-9-15(14)19-20/h3-10H,1,11H2,2H3. The van der Waals surface area contributed by atoms with Crippen molar-refractivity contribution in [1.29, 1.82) is 0 Å². The summed E-state index contributed by atoms with van der Waals surface area (Å²) in [7, 11) is 0. The van der Waals surface area contributed by atoms with Gasteiger partial charge in [0.05, 0.1) is 5.69 Å². The van der Waals surface area contributed by atoms with Gasteiger partial charge in [-0.25, -0.2) is 4.79 Å². The zero-order valence-electron chi connectivity index (χ0n) is 12.2. The first-order valence-electron chi connectivity index (χ1n) is 6.88. The number of esters is 1. The topological polar surface area (TPSA) is 57.0 Å². The van der Waals surface area contributed by atoms with Gasteiger partial charge in [-0.05, 0) is 25.1 Å². The van der Waals surface area contributed by atoms with Crippen LogP contribution in [0, 0.1) is 0 Å². The summed E-state index contributed by atoms with van der Waals surface area (Å²) in [4.78, 5) is 13.1. The van der Waals surface area contributed by atoms with Gasteiger partial charge in [0.1, 0.15) is 17.6 Å². The number of fused-ring (bicyclic) bond motifs is 1. The summed E-state index contributed by atoms with van der Waals surface area (Å²) in [5.41, 5.74) is 3.62. The number of ether oxygens (including phenoxy) is 1. The molecule has 110 valence electrons. The molecule has 0 amide bonds. The van der Waals surface area contributed by atoms with Crippen molar-refractivity contribution in [2.24, 2.45) is 0 Å². The Kier molecular flexibility index (Phi) is 3.70. The van der Waals surface area contributed by atoms with E-state index in [4.69, 9.17) is 4.74 Å². The second-order valence-corrected chi connectivity index (χ2v) is 4.96. The molecule has 0 N–H and O–H groups in total. The van der Waals surface area contributed by atoms with Crippen LogP contribution in [0.3, 0.4) is 0 Å². The highest BCUT2D eigenvalue weighted by atomic mass is 16.5. The molecule has 0 unspecified atom stereocenters. The number of carbonyl (C=O) groups excluding carboxylic acids is 1. The van der Waals surface area contributed by atoms with Crippen molar-refractivity contribution >= 4 is 17.0 Å². The Labute approximate surface area is 127 Å². The average Bonchev–Trinajstić information content (AvgIpc) is 2.96. The van der Waals surface area contributed by atoms with Crippen LogP contribution in [0.4, 0.5) is 0 Å². The van der Waals surface area contributed by atoms with Gasteiger partial charge >= 0.3 is 5.97 Å². The van der Waals surface area contributed by atoms with Crippen molar-refractivity contribution in [3.63, 3.8) is 0 Å². The lowest BCUT2D eigenvalue weighted by Gasteiger charge is -2.09. The molecule has 0 atom stereocenters. The maximum Gasteiger partial charge on any atom is 0.333 e.